The minimum absolute atomic E-state index is 0.00782. The lowest BCUT2D eigenvalue weighted by Gasteiger charge is -2.22. The van der Waals surface area contributed by atoms with Crippen LogP contribution in [0.3, 0.4) is 0 Å². The summed E-state index contributed by atoms with van der Waals surface area (Å²) < 4.78 is 11.1. The minimum Gasteiger partial charge on any atom is -0.458 e. The molecule has 1 saturated heterocycles. The number of ether oxygens (including phenoxy) is 1. The first-order chi connectivity index (χ1) is 17.0. The largest absolute Gasteiger partial charge is 0.458 e. The van der Waals surface area contributed by atoms with E-state index in [0.29, 0.717) is 24.6 Å². The number of rotatable bonds is 8. The predicted octanol–water partition coefficient (Wildman–Crippen LogP) is 2.12. The third-order valence-corrected chi connectivity index (χ3v) is 5.73. The molecule has 0 radical (unpaired) electrons. The number of tetrazole rings is 1. The number of aromatic nitrogens is 5. The van der Waals surface area contributed by atoms with Gasteiger partial charge in [0.25, 0.3) is 5.91 Å². The number of carbonyl (C=O) groups is 2. The molecule has 1 aliphatic heterocycles. The van der Waals surface area contributed by atoms with Gasteiger partial charge in [-0.1, -0.05) is 18.2 Å². The number of furan rings is 1. The summed E-state index contributed by atoms with van der Waals surface area (Å²) in [7, 11) is 0. The molecule has 4 heterocycles. The molecule has 0 aliphatic carbocycles. The first-order valence-electron chi connectivity index (χ1n) is 11.4. The van der Waals surface area contributed by atoms with E-state index in [9.17, 15) is 9.59 Å². The fraction of sp³-hybridized carbons (Fsp3) is 0.333. The van der Waals surface area contributed by atoms with Gasteiger partial charge >= 0.3 is 0 Å². The second kappa shape index (κ2) is 10.0. The van der Waals surface area contributed by atoms with Crippen LogP contribution >= 0.6 is 0 Å². The van der Waals surface area contributed by atoms with Crippen LogP contribution in [0.4, 0.5) is 5.69 Å². The van der Waals surface area contributed by atoms with E-state index in [1.165, 1.54) is 9.70 Å². The van der Waals surface area contributed by atoms with Gasteiger partial charge in [0.15, 0.2) is 5.76 Å². The van der Waals surface area contributed by atoms with E-state index >= 15 is 0 Å². The molecule has 1 aliphatic rings. The van der Waals surface area contributed by atoms with Crippen LogP contribution in [0.1, 0.15) is 18.6 Å². The summed E-state index contributed by atoms with van der Waals surface area (Å²) in [6.07, 6.45) is 3.48. The zero-order chi connectivity index (χ0) is 24.2. The molecule has 1 fully saturated rings. The van der Waals surface area contributed by atoms with Crippen LogP contribution in [0.5, 0.6) is 0 Å². The zero-order valence-corrected chi connectivity index (χ0v) is 19.3. The molecule has 4 aromatic rings. The summed E-state index contributed by atoms with van der Waals surface area (Å²) in [5.41, 5.74) is 1.30. The highest BCUT2D eigenvalue weighted by molar-refractivity contribution is 5.99. The van der Waals surface area contributed by atoms with Gasteiger partial charge in [0.2, 0.25) is 11.7 Å². The summed E-state index contributed by atoms with van der Waals surface area (Å²) in [6, 6.07) is 12.9. The average Bonchev–Trinajstić information content (AvgIpc) is 3.63. The Morgan fingerprint density at radius 3 is 2.91 bits per heavy atom. The van der Waals surface area contributed by atoms with E-state index in [0.717, 1.165) is 29.5 Å². The molecule has 1 N–H and O–H groups in total. The Labute approximate surface area is 201 Å². The molecule has 11 heteroatoms. The van der Waals surface area contributed by atoms with Gasteiger partial charge in [0.1, 0.15) is 18.8 Å². The van der Waals surface area contributed by atoms with E-state index in [-0.39, 0.29) is 36.8 Å². The van der Waals surface area contributed by atoms with E-state index in [2.05, 4.69) is 25.7 Å². The molecule has 1 aromatic carbocycles. The monoisotopic (exact) mass is 475 g/mol. The SMILES string of the molecule is Cc1ccc(-c2nnn(CC(=O)N(CC(=O)NCC3CCCO3)c3cnc4ccccc4c3)n2)o1. The number of benzene rings is 1. The number of para-hydroxylation sites is 1. The van der Waals surface area contributed by atoms with Crippen molar-refractivity contribution in [3.8, 4) is 11.6 Å². The molecule has 11 nitrogen and oxygen atoms in total. The van der Waals surface area contributed by atoms with Gasteiger partial charge in [0.05, 0.1) is 23.5 Å². The van der Waals surface area contributed by atoms with E-state index in [4.69, 9.17) is 9.15 Å². The standard InChI is InChI=1S/C24H25N7O4/c1-16-8-9-21(35-16)24-27-29-31(28-24)15-23(33)30(14-22(32)26-13-19-6-4-10-34-19)18-11-17-5-2-3-7-20(17)25-12-18/h2-3,5,7-9,11-12,19H,4,6,10,13-15H2,1H3,(H,26,32). The van der Waals surface area contributed by atoms with Crippen molar-refractivity contribution in [3.05, 3.63) is 54.4 Å². The van der Waals surface area contributed by atoms with E-state index in [1.54, 1.807) is 18.3 Å². The number of hydrogen-bond donors (Lipinski definition) is 1. The van der Waals surface area contributed by atoms with Gasteiger partial charge in [0, 0.05) is 18.5 Å². The Balaban J connectivity index is 1.34. The molecule has 1 unspecified atom stereocenters. The summed E-state index contributed by atoms with van der Waals surface area (Å²) in [5.74, 6) is 0.787. The first kappa shape index (κ1) is 22.7. The quantitative estimate of drug-likeness (QED) is 0.410. The third-order valence-electron chi connectivity index (χ3n) is 5.73. The van der Waals surface area contributed by atoms with Crippen LogP contribution < -0.4 is 10.2 Å². The van der Waals surface area contributed by atoms with Gasteiger partial charge in [-0.3, -0.25) is 19.5 Å². The van der Waals surface area contributed by atoms with Crippen LogP contribution in [0.25, 0.3) is 22.5 Å². The third kappa shape index (κ3) is 5.35. The molecule has 0 saturated carbocycles. The van der Waals surface area contributed by atoms with Gasteiger partial charge in [-0.2, -0.15) is 4.80 Å². The Bertz CT molecular complexity index is 1340. The molecular formula is C24H25N7O4. The van der Waals surface area contributed by atoms with E-state index < -0.39 is 0 Å². The number of nitrogens with one attached hydrogen (secondary N) is 1. The van der Waals surface area contributed by atoms with Crippen molar-refractivity contribution >= 4 is 28.4 Å². The maximum atomic E-state index is 13.3. The van der Waals surface area contributed by atoms with Crippen LogP contribution in [-0.2, 0) is 20.9 Å². The number of fused-ring (bicyclic) bond motifs is 1. The summed E-state index contributed by atoms with van der Waals surface area (Å²) in [6.45, 7) is 2.55. The van der Waals surface area contributed by atoms with Gasteiger partial charge < -0.3 is 14.5 Å². The number of carbonyl (C=O) groups excluding carboxylic acids is 2. The van der Waals surface area contributed by atoms with Crippen LogP contribution in [0, 0.1) is 6.92 Å². The number of amides is 2. The summed E-state index contributed by atoms with van der Waals surface area (Å²) >= 11 is 0. The second-order valence-corrected chi connectivity index (χ2v) is 8.36. The fourth-order valence-corrected chi connectivity index (χ4v) is 3.93. The van der Waals surface area contributed by atoms with Gasteiger partial charge in [-0.05, 0) is 49.2 Å². The zero-order valence-electron chi connectivity index (χ0n) is 19.3. The number of hydrogen-bond acceptors (Lipinski definition) is 8. The van der Waals surface area contributed by atoms with Crippen molar-refractivity contribution < 1.29 is 18.7 Å². The first-order valence-corrected chi connectivity index (χ1v) is 11.4. The summed E-state index contributed by atoms with van der Waals surface area (Å²) in [5, 5.41) is 15.9. The highest BCUT2D eigenvalue weighted by atomic mass is 16.5. The number of anilines is 1. The highest BCUT2D eigenvalue weighted by Crippen LogP contribution is 2.21. The molecular weight excluding hydrogens is 450 g/mol. The second-order valence-electron chi connectivity index (χ2n) is 8.36. The highest BCUT2D eigenvalue weighted by Gasteiger charge is 2.23. The topological polar surface area (TPSA) is 128 Å². The number of nitrogens with zero attached hydrogens (tertiary/aromatic N) is 6. The lowest BCUT2D eigenvalue weighted by atomic mass is 10.2. The molecule has 0 spiro atoms. The maximum Gasteiger partial charge on any atom is 0.251 e. The lowest BCUT2D eigenvalue weighted by molar-refractivity contribution is -0.124. The Morgan fingerprint density at radius 1 is 1.23 bits per heavy atom. The Morgan fingerprint density at radius 2 is 2.11 bits per heavy atom. The number of aryl methyl sites for hydroxylation is 1. The average molecular weight is 476 g/mol. The molecule has 2 amide bonds. The van der Waals surface area contributed by atoms with E-state index in [1.807, 2.05) is 37.3 Å². The summed E-state index contributed by atoms with van der Waals surface area (Å²) in [4.78, 5) is 33.1. The molecule has 180 valence electrons. The fourth-order valence-electron chi connectivity index (χ4n) is 3.93. The van der Waals surface area contributed by atoms with Crippen molar-refractivity contribution in [2.24, 2.45) is 0 Å². The van der Waals surface area contributed by atoms with Crippen molar-refractivity contribution in [2.45, 2.75) is 32.4 Å². The molecule has 1 atom stereocenters. The molecule has 3 aromatic heterocycles. The Kier molecular flexibility index (Phi) is 6.49. The van der Waals surface area contributed by atoms with Crippen LogP contribution in [-0.4, -0.2) is 62.8 Å². The smallest absolute Gasteiger partial charge is 0.251 e. The normalized spacial score (nSPS) is 15.4. The van der Waals surface area contributed by atoms with Crippen LogP contribution in [0.2, 0.25) is 0 Å². The Hall–Kier alpha value is -4.12. The van der Waals surface area contributed by atoms with Gasteiger partial charge in [-0.25, -0.2) is 0 Å². The van der Waals surface area contributed by atoms with Crippen molar-refractivity contribution in [1.29, 1.82) is 0 Å². The van der Waals surface area contributed by atoms with Gasteiger partial charge in [-0.15, -0.1) is 10.2 Å². The minimum atomic E-state index is -0.381. The maximum absolute atomic E-state index is 13.3. The lowest BCUT2D eigenvalue weighted by Crippen LogP contribution is -2.44. The van der Waals surface area contributed by atoms with Crippen molar-refractivity contribution in [3.63, 3.8) is 0 Å². The van der Waals surface area contributed by atoms with Crippen LogP contribution in [0.15, 0.2) is 53.1 Å². The molecule has 0 bridgehead atoms. The molecule has 5 rings (SSSR count). The van der Waals surface area contributed by atoms with Crippen molar-refractivity contribution in [1.82, 2.24) is 30.5 Å². The van der Waals surface area contributed by atoms with Crippen molar-refractivity contribution in [2.75, 3.05) is 24.6 Å². The predicted molar refractivity (Wildman–Crippen MR) is 126 cm³/mol. The number of pyridine rings is 1. The molecule has 35 heavy (non-hydrogen) atoms.